The fourth-order valence-electron chi connectivity index (χ4n) is 1.36. The fraction of sp³-hybridized carbons (Fsp3) is 0.333. The van der Waals surface area contributed by atoms with Crippen LogP contribution in [0.4, 0.5) is 0 Å². The maximum Gasteiger partial charge on any atom is 0.0949 e. The van der Waals surface area contributed by atoms with E-state index in [2.05, 4.69) is 10.1 Å². The molecule has 5 heteroatoms. The van der Waals surface area contributed by atoms with Crippen LogP contribution in [0.25, 0.3) is 0 Å². The Labute approximate surface area is 82.2 Å². The summed E-state index contributed by atoms with van der Waals surface area (Å²) in [5.74, 6) is 0. The minimum atomic E-state index is 0.527. The molecule has 74 valence electrons. The molecule has 0 spiro atoms. The van der Waals surface area contributed by atoms with E-state index in [1.165, 1.54) is 0 Å². The summed E-state index contributed by atoms with van der Waals surface area (Å²) in [5, 5.41) is 4.12. The van der Waals surface area contributed by atoms with Crippen LogP contribution in [-0.2, 0) is 19.6 Å². The minimum absolute atomic E-state index is 0.527. The number of rotatable bonds is 4. The van der Waals surface area contributed by atoms with Crippen LogP contribution in [-0.4, -0.2) is 19.3 Å². The molecule has 0 aliphatic rings. The molecule has 0 saturated heterocycles. The number of hydrogen-bond acceptors (Lipinski definition) is 3. The first-order valence-corrected chi connectivity index (χ1v) is 4.56. The second-order valence-electron chi connectivity index (χ2n) is 3.05. The Morgan fingerprint density at radius 1 is 1.36 bits per heavy atom. The van der Waals surface area contributed by atoms with E-state index < -0.39 is 0 Å². The lowest BCUT2D eigenvalue weighted by Gasteiger charge is -2.06. The van der Waals surface area contributed by atoms with E-state index in [9.17, 15) is 0 Å². The molecular weight excluding hydrogens is 178 g/mol. The molecule has 2 heterocycles. The largest absolute Gasteiger partial charge is 0.332 e. The molecule has 0 aliphatic carbocycles. The van der Waals surface area contributed by atoms with Crippen molar-refractivity contribution in [1.82, 2.24) is 19.3 Å². The third kappa shape index (κ3) is 1.82. The molecule has 14 heavy (non-hydrogen) atoms. The number of hydrogen-bond donors (Lipinski definition) is 1. The maximum atomic E-state index is 5.56. The van der Waals surface area contributed by atoms with Crippen LogP contribution < -0.4 is 5.73 Å². The van der Waals surface area contributed by atoms with Gasteiger partial charge in [-0.2, -0.15) is 5.10 Å². The van der Waals surface area contributed by atoms with Crippen LogP contribution in [0.15, 0.2) is 31.0 Å². The Morgan fingerprint density at radius 3 is 3.00 bits per heavy atom. The zero-order valence-electron chi connectivity index (χ0n) is 7.87. The average molecular weight is 191 g/mol. The first-order valence-electron chi connectivity index (χ1n) is 4.56. The molecule has 0 atom stereocenters. The quantitative estimate of drug-likeness (QED) is 0.753. The molecule has 2 aromatic heterocycles. The summed E-state index contributed by atoms with van der Waals surface area (Å²) in [6, 6.07) is 1.91. The second-order valence-corrected chi connectivity index (χ2v) is 3.05. The Kier molecular flexibility index (Phi) is 2.60. The van der Waals surface area contributed by atoms with E-state index in [1.807, 2.05) is 21.5 Å². The normalized spacial score (nSPS) is 10.6. The van der Waals surface area contributed by atoms with Crippen molar-refractivity contribution in [3.8, 4) is 0 Å². The smallest absolute Gasteiger partial charge is 0.0949 e. The van der Waals surface area contributed by atoms with Gasteiger partial charge in [-0.05, 0) is 6.07 Å². The standard InChI is InChI=1S/C9H13N5/c10-6-9-7-11-8-13(9)4-5-14-3-1-2-12-14/h1-3,7-8H,4-6,10H2. The molecule has 0 radical (unpaired) electrons. The van der Waals surface area contributed by atoms with Gasteiger partial charge in [0.25, 0.3) is 0 Å². The predicted octanol–water partition coefficient (Wildman–Crippen LogP) is 0.238. The molecule has 0 saturated carbocycles. The Morgan fingerprint density at radius 2 is 2.29 bits per heavy atom. The van der Waals surface area contributed by atoms with E-state index >= 15 is 0 Å². The van der Waals surface area contributed by atoms with Gasteiger partial charge in [0.05, 0.1) is 18.6 Å². The molecule has 0 bridgehead atoms. The molecule has 2 N–H and O–H groups in total. The zero-order valence-corrected chi connectivity index (χ0v) is 7.87. The summed E-state index contributed by atoms with van der Waals surface area (Å²) in [7, 11) is 0. The van der Waals surface area contributed by atoms with Crippen molar-refractivity contribution in [2.24, 2.45) is 5.73 Å². The highest BCUT2D eigenvalue weighted by Gasteiger charge is 1.99. The summed E-state index contributed by atoms with van der Waals surface area (Å²) < 4.78 is 3.93. The Balaban J connectivity index is 1.98. The Hall–Kier alpha value is -1.62. The van der Waals surface area contributed by atoms with Gasteiger partial charge >= 0.3 is 0 Å². The lowest BCUT2D eigenvalue weighted by Crippen LogP contribution is -2.11. The first kappa shape index (κ1) is 8.96. The molecule has 0 amide bonds. The summed E-state index contributed by atoms with van der Waals surface area (Å²) in [5.41, 5.74) is 6.61. The minimum Gasteiger partial charge on any atom is -0.332 e. The number of imidazole rings is 1. The summed E-state index contributed by atoms with van der Waals surface area (Å²) in [4.78, 5) is 4.05. The highest BCUT2D eigenvalue weighted by Crippen LogP contribution is 1.98. The van der Waals surface area contributed by atoms with Crippen molar-refractivity contribution in [2.75, 3.05) is 0 Å². The first-order chi connectivity index (χ1) is 6.90. The van der Waals surface area contributed by atoms with Crippen molar-refractivity contribution in [3.05, 3.63) is 36.7 Å². The van der Waals surface area contributed by atoms with Crippen LogP contribution in [0.1, 0.15) is 5.69 Å². The lowest BCUT2D eigenvalue weighted by atomic mass is 10.4. The number of nitrogens with two attached hydrogens (primary N) is 1. The lowest BCUT2D eigenvalue weighted by molar-refractivity contribution is 0.522. The topological polar surface area (TPSA) is 61.7 Å². The third-order valence-corrected chi connectivity index (χ3v) is 2.14. The SMILES string of the molecule is NCc1cncn1CCn1cccn1. The van der Waals surface area contributed by atoms with Gasteiger partial charge in [0.1, 0.15) is 0 Å². The predicted molar refractivity (Wildman–Crippen MR) is 52.3 cm³/mol. The van der Waals surface area contributed by atoms with E-state index in [0.29, 0.717) is 6.54 Å². The fourth-order valence-corrected chi connectivity index (χ4v) is 1.36. The van der Waals surface area contributed by atoms with Crippen LogP contribution in [0, 0.1) is 0 Å². The highest BCUT2D eigenvalue weighted by atomic mass is 15.3. The highest BCUT2D eigenvalue weighted by molar-refractivity contribution is 4.96. The second kappa shape index (κ2) is 4.06. The molecular formula is C9H13N5. The monoisotopic (exact) mass is 191 g/mol. The van der Waals surface area contributed by atoms with Gasteiger partial charge in [-0.3, -0.25) is 4.68 Å². The zero-order chi connectivity index (χ0) is 9.80. The van der Waals surface area contributed by atoms with Crippen LogP contribution in [0.5, 0.6) is 0 Å². The molecule has 0 unspecified atom stereocenters. The summed E-state index contributed by atoms with van der Waals surface area (Å²) >= 11 is 0. The summed E-state index contributed by atoms with van der Waals surface area (Å²) in [6.07, 6.45) is 7.31. The van der Waals surface area contributed by atoms with Gasteiger partial charge < -0.3 is 10.3 Å². The van der Waals surface area contributed by atoms with E-state index in [-0.39, 0.29) is 0 Å². The van der Waals surface area contributed by atoms with Crippen molar-refractivity contribution in [2.45, 2.75) is 19.6 Å². The molecule has 5 nitrogen and oxygen atoms in total. The van der Waals surface area contributed by atoms with E-state index in [4.69, 9.17) is 5.73 Å². The van der Waals surface area contributed by atoms with E-state index in [1.54, 1.807) is 18.7 Å². The maximum absolute atomic E-state index is 5.56. The molecule has 2 aromatic rings. The van der Waals surface area contributed by atoms with Gasteiger partial charge in [-0.1, -0.05) is 0 Å². The average Bonchev–Trinajstić information content (AvgIpc) is 2.85. The number of aryl methyl sites for hydroxylation is 2. The molecule has 0 fully saturated rings. The molecule has 0 aromatic carbocycles. The van der Waals surface area contributed by atoms with Crippen LogP contribution >= 0.6 is 0 Å². The van der Waals surface area contributed by atoms with Crippen molar-refractivity contribution in [3.63, 3.8) is 0 Å². The van der Waals surface area contributed by atoms with Gasteiger partial charge in [0.2, 0.25) is 0 Å². The Bertz CT molecular complexity index is 376. The summed E-state index contributed by atoms with van der Waals surface area (Å²) in [6.45, 7) is 2.23. The molecule has 2 rings (SSSR count). The number of nitrogens with zero attached hydrogens (tertiary/aromatic N) is 4. The van der Waals surface area contributed by atoms with Crippen molar-refractivity contribution < 1.29 is 0 Å². The number of aromatic nitrogens is 4. The van der Waals surface area contributed by atoms with E-state index in [0.717, 1.165) is 18.8 Å². The van der Waals surface area contributed by atoms with Gasteiger partial charge in [-0.15, -0.1) is 0 Å². The van der Waals surface area contributed by atoms with Gasteiger partial charge in [0.15, 0.2) is 0 Å². The van der Waals surface area contributed by atoms with Crippen LogP contribution in [0.2, 0.25) is 0 Å². The van der Waals surface area contributed by atoms with Crippen molar-refractivity contribution in [1.29, 1.82) is 0 Å². The molecule has 0 aliphatic heterocycles. The van der Waals surface area contributed by atoms with Gasteiger partial charge in [0, 0.05) is 31.7 Å². The van der Waals surface area contributed by atoms with Crippen LogP contribution in [0.3, 0.4) is 0 Å². The third-order valence-electron chi connectivity index (χ3n) is 2.14. The van der Waals surface area contributed by atoms with Gasteiger partial charge in [-0.25, -0.2) is 4.98 Å². The van der Waals surface area contributed by atoms with Crippen molar-refractivity contribution >= 4 is 0 Å².